The molecule has 0 bridgehead atoms. The van der Waals surface area contributed by atoms with Gasteiger partial charge >= 0.3 is 0 Å². The molecular weight excluding hydrogens is 254 g/mol. The van der Waals surface area contributed by atoms with E-state index in [1.54, 1.807) is 0 Å². The lowest BCUT2D eigenvalue weighted by molar-refractivity contribution is 1.53. The third kappa shape index (κ3) is 3.61. The van der Waals surface area contributed by atoms with Gasteiger partial charge in [-0.15, -0.1) is 0 Å². The first-order chi connectivity index (χ1) is 10.4. The summed E-state index contributed by atoms with van der Waals surface area (Å²) >= 11 is 0. The van der Waals surface area contributed by atoms with Crippen LogP contribution in [0.2, 0.25) is 0 Å². The van der Waals surface area contributed by atoms with Crippen LogP contribution < -0.4 is 5.32 Å². The number of para-hydroxylation sites is 1. The molecule has 3 aromatic carbocycles. The quantitative estimate of drug-likeness (QED) is 0.635. The molecule has 0 aliphatic carbocycles. The molecule has 0 aliphatic rings. The molecule has 0 radical (unpaired) electrons. The average Bonchev–Trinajstić information content (AvgIpc) is 2.57. The lowest BCUT2D eigenvalue weighted by Crippen LogP contribution is -1.98. The lowest BCUT2D eigenvalue weighted by Gasteiger charge is -2.12. The third-order valence-corrected chi connectivity index (χ3v) is 3.25. The number of anilines is 1. The molecule has 0 aliphatic heterocycles. The van der Waals surface area contributed by atoms with Crippen molar-refractivity contribution in [2.24, 2.45) is 0 Å². The van der Waals surface area contributed by atoms with E-state index in [2.05, 4.69) is 72.1 Å². The molecule has 3 rings (SSSR count). The summed E-state index contributed by atoms with van der Waals surface area (Å²) in [6.45, 7) is 0. The highest BCUT2D eigenvalue weighted by molar-refractivity contribution is 5.88. The van der Waals surface area contributed by atoms with Gasteiger partial charge in [0.2, 0.25) is 0 Å². The standard InChI is InChI=1S/C20H17N/c1-4-10-17(11-5-1)16-20(18-12-6-2-7-13-18)21-19-14-8-3-9-15-19/h1-16,21H. The van der Waals surface area contributed by atoms with E-state index >= 15 is 0 Å². The van der Waals surface area contributed by atoms with Crippen molar-refractivity contribution in [3.8, 4) is 0 Å². The van der Waals surface area contributed by atoms with E-state index in [9.17, 15) is 0 Å². The zero-order chi connectivity index (χ0) is 14.3. The Bertz CT molecular complexity index is 701. The van der Waals surface area contributed by atoms with Gasteiger partial charge in [0.05, 0.1) is 0 Å². The van der Waals surface area contributed by atoms with E-state index in [4.69, 9.17) is 0 Å². The molecule has 0 atom stereocenters. The van der Waals surface area contributed by atoms with Crippen molar-refractivity contribution < 1.29 is 0 Å². The van der Waals surface area contributed by atoms with Crippen LogP contribution in [0, 0.1) is 0 Å². The fraction of sp³-hybridized carbons (Fsp3) is 0. The van der Waals surface area contributed by atoms with E-state index in [0.717, 1.165) is 11.4 Å². The number of hydrogen-bond acceptors (Lipinski definition) is 1. The second-order valence-electron chi connectivity index (χ2n) is 4.83. The van der Waals surface area contributed by atoms with Gasteiger partial charge in [0.25, 0.3) is 0 Å². The first-order valence-corrected chi connectivity index (χ1v) is 7.06. The summed E-state index contributed by atoms with van der Waals surface area (Å²) in [7, 11) is 0. The minimum Gasteiger partial charge on any atom is -0.355 e. The molecule has 0 spiro atoms. The van der Waals surface area contributed by atoms with Gasteiger partial charge in [-0.1, -0.05) is 78.9 Å². The van der Waals surface area contributed by atoms with Crippen LogP contribution in [0.15, 0.2) is 91.0 Å². The van der Waals surface area contributed by atoms with Crippen molar-refractivity contribution in [3.05, 3.63) is 102 Å². The first kappa shape index (κ1) is 13.2. The Morgan fingerprint density at radius 1 is 0.619 bits per heavy atom. The minimum absolute atomic E-state index is 1.09. The van der Waals surface area contributed by atoms with E-state index in [0.29, 0.717) is 0 Å². The van der Waals surface area contributed by atoms with Crippen molar-refractivity contribution in [2.45, 2.75) is 0 Å². The Hall–Kier alpha value is -2.80. The fourth-order valence-electron chi connectivity index (χ4n) is 2.20. The highest BCUT2D eigenvalue weighted by Crippen LogP contribution is 2.21. The monoisotopic (exact) mass is 271 g/mol. The van der Waals surface area contributed by atoms with Crippen molar-refractivity contribution in [1.82, 2.24) is 0 Å². The Labute approximate surface area is 125 Å². The molecule has 0 amide bonds. The molecule has 102 valence electrons. The predicted molar refractivity (Wildman–Crippen MR) is 90.8 cm³/mol. The van der Waals surface area contributed by atoms with Gasteiger partial charge < -0.3 is 5.32 Å². The van der Waals surface area contributed by atoms with Gasteiger partial charge in [0.15, 0.2) is 0 Å². The van der Waals surface area contributed by atoms with Crippen molar-refractivity contribution in [2.75, 3.05) is 5.32 Å². The molecule has 0 heterocycles. The number of hydrogen-bond donors (Lipinski definition) is 1. The van der Waals surface area contributed by atoms with E-state index in [1.807, 2.05) is 30.3 Å². The van der Waals surface area contributed by atoms with Gasteiger partial charge in [-0.25, -0.2) is 0 Å². The summed E-state index contributed by atoms with van der Waals surface area (Å²) in [5.74, 6) is 0. The Morgan fingerprint density at radius 3 is 1.76 bits per heavy atom. The normalized spacial score (nSPS) is 11.1. The molecule has 1 nitrogen and oxygen atoms in total. The number of benzene rings is 3. The molecule has 1 heteroatoms. The smallest absolute Gasteiger partial charge is 0.0463 e. The van der Waals surface area contributed by atoms with Crippen molar-refractivity contribution in [3.63, 3.8) is 0 Å². The Balaban J connectivity index is 1.97. The van der Waals surface area contributed by atoms with Gasteiger partial charge in [0, 0.05) is 11.4 Å². The molecule has 0 aromatic heterocycles. The molecule has 21 heavy (non-hydrogen) atoms. The van der Waals surface area contributed by atoms with Crippen LogP contribution in [-0.2, 0) is 0 Å². The van der Waals surface area contributed by atoms with Gasteiger partial charge in [-0.2, -0.15) is 0 Å². The highest BCUT2D eigenvalue weighted by Gasteiger charge is 2.02. The average molecular weight is 271 g/mol. The van der Waals surface area contributed by atoms with Crippen LogP contribution in [0.4, 0.5) is 5.69 Å². The molecule has 0 saturated carbocycles. The molecule has 0 fully saturated rings. The largest absolute Gasteiger partial charge is 0.355 e. The zero-order valence-electron chi connectivity index (χ0n) is 11.7. The maximum Gasteiger partial charge on any atom is 0.0463 e. The SMILES string of the molecule is C(=C(Nc1ccccc1)c1ccccc1)c1ccccc1. The zero-order valence-corrected chi connectivity index (χ0v) is 11.7. The maximum atomic E-state index is 3.50. The Kier molecular flexibility index (Phi) is 4.13. The van der Waals surface area contributed by atoms with Crippen LogP contribution in [0.5, 0.6) is 0 Å². The topological polar surface area (TPSA) is 12.0 Å². The lowest BCUT2D eigenvalue weighted by atomic mass is 10.1. The van der Waals surface area contributed by atoms with Crippen LogP contribution in [0.25, 0.3) is 11.8 Å². The molecule has 0 saturated heterocycles. The van der Waals surface area contributed by atoms with E-state index in [-0.39, 0.29) is 0 Å². The molecule has 1 N–H and O–H groups in total. The molecule has 0 unspecified atom stereocenters. The summed E-state index contributed by atoms with van der Waals surface area (Å²) in [6.07, 6.45) is 2.17. The van der Waals surface area contributed by atoms with Crippen molar-refractivity contribution in [1.29, 1.82) is 0 Å². The van der Waals surface area contributed by atoms with Crippen LogP contribution in [0.1, 0.15) is 11.1 Å². The van der Waals surface area contributed by atoms with E-state index in [1.165, 1.54) is 11.1 Å². The molecular formula is C20H17N. The first-order valence-electron chi connectivity index (χ1n) is 7.06. The second kappa shape index (κ2) is 6.58. The highest BCUT2D eigenvalue weighted by atomic mass is 14.9. The molecule has 3 aromatic rings. The van der Waals surface area contributed by atoms with Crippen molar-refractivity contribution >= 4 is 17.5 Å². The van der Waals surface area contributed by atoms with Gasteiger partial charge in [0.1, 0.15) is 0 Å². The maximum absolute atomic E-state index is 3.50. The summed E-state index contributed by atoms with van der Waals surface area (Å²) in [4.78, 5) is 0. The van der Waals surface area contributed by atoms with Gasteiger partial charge in [-0.3, -0.25) is 0 Å². The predicted octanol–water partition coefficient (Wildman–Crippen LogP) is 5.30. The van der Waals surface area contributed by atoms with Gasteiger partial charge in [-0.05, 0) is 29.3 Å². The summed E-state index contributed by atoms with van der Waals surface area (Å²) in [6, 6.07) is 31.0. The summed E-state index contributed by atoms with van der Waals surface area (Å²) in [5.41, 5.74) is 4.53. The summed E-state index contributed by atoms with van der Waals surface area (Å²) < 4.78 is 0. The Morgan fingerprint density at radius 2 is 1.14 bits per heavy atom. The van der Waals surface area contributed by atoms with E-state index < -0.39 is 0 Å². The van der Waals surface area contributed by atoms with Crippen LogP contribution in [-0.4, -0.2) is 0 Å². The van der Waals surface area contributed by atoms with Crippen LogP contribution >= 0.6 is 0 Å². The number of nitrogens with one attached hydrogen (secondary N) is 1. The second-order valence-corrected chi connectivity index (χ2v) is 4.83. The third-order valence-electron chi connectivity index (χ3n) is 3.25. The summed E-state index contributed by atoms with van der Waals surface area (Å²) in [5, 5.41) is 3.50. The number of rotatable bonds is 4. The fourth-order valence-corrected chi connectivity index (χ4v) is 2.20. The van der Waals surface area contributed by atoms with Crippen LogP contribution in [0.3, 0.4) is 0 Å². The minimum atomic E-state index is 1.09.